The van der Waals surface area contributed by atoms with Gasteiger partial charge in [-0.25, -0.2) is 0 Å². The van der Waals surface area contributed by atoms with Crippen molar-refractivity contribution >= 4 is 11.7 Å². The molecule has 2 rings (SSSR count). The van der Waals surface area contributed by atoms with Crippen molar-refractivity contribution in [3.8, 4) is 0 Å². The topological polar surface area (TPSA) is 59.0 Å². The van der Waals surface area contributed by atoms with Crippen molar-refractivity contribution in [3.05, 3.63) is 23.4 Å². The summed E-state index contributed by atoms with van der Waals surface area (Å²) in [5, 5.41) is 9.91. The van der Waals surface area contributed by atoms with Crippen LogP contribution in [0.3, 0.4) is 0 Å². The number of carbonyl (C=O) groups is 1. The highest BCUT2D eigenvalue weighted by atomic mass is 16.1. The van der Waals surface area contributed by atoms with Crippen molar-refractivity contribution in [1.82, 2.24) is 15.1 Å². The Bertz CT molecular complexity index is 413. The van der Waals surface area contributed by atoms with Crippen LogP contribution in [0.2, 0.25) is 0 Å². The Balaban J connectivity index is 2.07. The quantitative estimate of drug-likeness (QED) is 0.683. The van der Waals surface area contributed by atoms with E-state index in [-0.39, 0.29) is 5.91 Å². The Hall–Kier alpha value is -1.62. The van der Waals surface area contributed by atoms with E-state index in [1.54, 1.807) is 24.0 Å². The molecule has 5 heteroatoms. The van der Waals surface area contributed by atoms with Crippen LogP contribution < -0.4 is 10.6 Å². The van der Waals surface area contributed by atoms with Crippen molar-refractivity contribution in [3.63, 3.8) is 0 Å². The van der Waals surface area contributed by atoms with Gasteiger partial charge in [0, 0.05) is 31.8 Å². The summed E-state index contributed by atoms with van der Waals surface area (Å²) in [4.78, 5) is 11.8. The zero-order chi connectivity index (χ0) is 10.8. The molecule has 0 spiro atoms. The molecule has 1 aliphatic heterocycles. The van der Waals surface area contributed by atoms with Gasteiger partial charge in [-0.05, 0) is 12.5 Å². The largest absolute Gasteiger partial charge is 0.309 e. The maximum absolute atomic E-state index is 11.8. The number of carbonyl (C=O) groups excluding carboxylic acids is 1. The molecule has 1 amide bonds. The first-order valence-electron chi connectivity index (χ1n) is 4.87. The van der Waals surface area contributed by atoms with E-state index in [1.165, 1.54) is 5.57 Å². The smallest absolute Gasteiger partial charge is 0.252 e. The summed E-state index contributed by atoms with van der Waals surface area (Å²) in [5.41, 5.74) is 1.98. The summed E-state index contributed by atoms with van der Waals surface area (Å²) in [5.74, 6) is 0.669. The predicted octanol–water partition coefficient (Wildman–Crippen LogP) is 0.278. The van der Waals surface area contributed by atoms with Gasteiger partial charge < -0.3 is 10.6 Å². The van der Waals surface area contributed by atoms with Crippen LogP contribution in [-0.2, 0) is 11.8 Å². The normalized spacial score (nSPS) is 14.7. The average Bonchev–Trinajstić information content (AvgIpc) is 2.49. The summed E-state index contributed by atoms with van der Waals surface area (Å²) in [6.45, 7) is 3.50. The molecule has 0 radical (unpaired) electrons. The summed E-state index contributed by atoms with van der Waals surface area (Å²) in [6, 6.07) is 1.77. The van der Waals surface area contributed by atoms with E-state index in [4.69, 9.17) is 0 Å². The Morgan fingerprint density at radius 2 is 2.33 bits per heavy atom. The zero-order valence-corrected chi connectivity index (χ0v) is 8.87. The molecule has 0 unspecified atom stereocenters. The van der Waals surface area contributed by atoms with Gasteiger partial charge in [0.2, 0.25) is 0 Å². The minimum Gasteiger partial charge on any atom is -0.309 e. The first-order chi connectivity index (χ1) is 7.18. The molecule has 0 aromatic carbocycles. The van der Waals surface area contributed by atoms with Crippen molar-refractivity contribution in [2.75, 3.05) is 18.4 Å². The molecule has 2 N–H and O–H groups in total. The van der Waals surface area contributed by atoms with E-state index in [0.717, 1.165) is 18.7 Å². The fourth-order valence-corrected chi connectivity index (χ4v) is 1.38. The van der Waals surface area contributed by atoms with Crippen LogP contribution in [-0.4, -0.2) is 28.8 Å². The Labute approximate surface area is 88.2 Å². The molecule has 0 aliphatic carbocycles. The molecular formula is C10H14N4O. The summed E-state index contributed by atoms with van der Waals surface area (Å²) in [6.07, 6.45) is 1.66. The highest BCUT2D eigenvalue weighted by Crippen LogP contribution is 2.12. The van der Waals surface area contributed by atoms with Crippen LogP contribution in [0.4, 0.5) is 5.82 Å². The fraction of sp³-hybridized carbons (Fsp3) is 0.400. The minimum atomic E-state index is -0.0462. The predicted molar refractivity (Wildman–Crippen MR) is 57.4 cm³/mol. The lowest BCUT2D eigenvalue weighted by molar-refractivity contribution is -0.112. The van der Waals surface area contributed by atoms with Crippen molar-refractivity contribution in [2.24, 2.45) is 7.05 Å². The fourth-order valence-electron chi connectivity index (χ4n) is 1.38. The number of anilines is 1. The first-order valence-corrected chi connectivity index (χ1v) is 4.87. The number of aryl methyl sites for hydroxylation is 1. The van der Waals surface area contributed by atoms with E-state index >= 15 is 0 Å². The van der Waals surface area contributed by atoms with Gasteiger partial charge in [0.1, 0.15) is 5.82 Å². The number of hydrogen-bond donors (Lipinski definition) is 2. The van der Waals surface area contributed by atoms with Gasteiger partial charge in [-0.15, -0.1) is 0 Å². The van der Waals surface area contributed by atoms with Crippen LogP contribution >= 0.6 is 0 Å². The van der Waals surface area contributed by atoms with Crippen LogP contribution in [0.5, 0.6) is 0 Å². The third-order valence-electron chi connectivity index (χ3n) is 2.61. The maximum Gasteiger partial charge on any atom is 0.252 e. The van der Waals surface area contributed by atoms with Crippen LogP contribution in [0.25, 0.3) is 0 Å². The van der Waals surface area contributed by atoms with Gasteiger partial charge in [-0.3, -0.25) is 9.48 Å². The van der Waals surface area contributed by atoms with Crippen molar-refractivity contribution in [2.45, 2.75) is 6.92 Å². The van der Waals surface area contributed by atoms with Gasteiger partial charge in [0.15, 0.2) is 0 Å². The number of nitrogens with one attached hydrogen (secondary N) is 2. The molecule has 0 saturated carbocycles. The molecule has 5 nitrogen and oxygen atoms in total. The third-order valence-corrected chi connectivity index (χ3v) is 2.61. The first kappa shape index (κ1) is 9.92. The second-order valence-electron chi connectivity index (χ2n) is 3.63. The molecule has 15 heavy (non-hydrogen) atoms. The lowest BCUT2D eigenvalue weighted by Gasteiger charge is -2.21. The maximum atomic E-state index is 11.8. The van der Waals surface area contributed by atoms with E-state index in [0.29, 0.717) is 5.82 Å². The van der Waals surface area contributed by atoms with E-state index in [2.05, 4.69) is 15.7 Å². The molecule has 1 fully saturated rings. The van der Waals surface area contributed by atoms with Gasteiger partial charge in [0.25, 0.3) is 5.91 Å². The van der Waals surface area contributed by atoms with Gasteiger partial charge in [-0.1, -0.05) is 0 Å². The van der Waals surface area contributed by atoms with Gasteiger partial charge >= 0.3 is 0 Å². The molecule has 2 heterocycles. The molecular weight excluding hydrogens is 192 g/mol. The zero-order valence-electron chi connectivity index (χ0n) is 8.87. The number of aromatic nitrogens is 2. The second kappa shape index (κ2) is 3.86. The van der Waals surface area contributed by atoms with Crippen molar-refractivity contribution in [1.29, 1.82) is 0 Å². The number of amides is 1. The molecule has 80 valence electrons. The molecule has 0 atom stereocenters. The molecule has 1 aromatic heterocycles. The molecule has 1 aliphatic rings. The summed E-state index contributed by atoms with van der Waals surface area (Å²) >= 11 is 0. The van der Waals surface area contributed by atoms with E-state index in [9.17, 15) is 4.79 Å². The Morgan fingerprint density at radius 3 is 2.80 bits per heavy atom. The lowest BCUT2D eigenvalue weighted by Crippen LogP contribution is -2.36. The molecule has 1 aromatic rings. The minimum absolute atomic E-state index is 0.0462. The highest BCUT2D eigenvalue weighted by Gasteiger charge is 2.16. The molecule has 0 bridgehead atoms. The van der Waals surface area contributed by atoms with Gasteiger partial charge in [-0.2, -0.15) is 5.10 Å². The standard InChI is InChI=1S/C10H14N4O/c1-7(8-5-11-6-8)10(15)13-9-3-4-12-14(9)2/h3-4,11H,5-6H2,1-2H3,(H,13,15). The average molecular weight is 206 g/mol. The second-order valence-corrected chi connectivity index (χ2v) is 3.63. The van der Waals surface area contributed by atoms with Crippen molar-refractivity contribution < 1.29 is 4.79 Å². The van der Waals surface area contributed by atoms with E-state index in [1.807, 2.05) is 6.92 Å². The van der Waals surface area contributed by atoms with Crippen LogP contribution in [0.15, 0.2) is 23.4 Å². The van der Waals surface area contributed by atoms with Gasteiger partial charge in [0.05, 0.1) is 6.20 Å². The SMILES string of the molecule is CC(C(=O)Nc1ccnn1C)=C1CNC1. The number of hydrogen-bond acceptors (Lipinski definition) is 3. The Morgan fingerprint density at radius 1 is 1.60 bits per heavy atom. The number of nitrogens with zero attached hydrogens (tertiary/aromatic N) is 2. The third kappa shape index (κ3) is 1.92. The lowest BCUT2D eigenvalue weighted by atomic mass is 10.0. The van der Waals surface area contributed by atoms with Crippen LogP contribution in [0, 0.1) is 0 Å². The summed E-state index contributed by atoms with van der Waals surface area (Å²) < 4.78 is 1.63. The van der Waals surface area contributed by atoms with Crippen LogP contribution in [0.1, 0.15) is 6.92 Å². The highest BCUT2D eigenvalue weighted by molar-refractivity contribution is 6.03. The number of rotatable bonds is 2. The van der Waals surface area contributed by atoms with E-state index < -0.39 is 0 Å². The summed E-state index contributed by atoms with van der Waals surface area (Å²) in [7, 11) is 1.79. The molecule has 1 saturated heterocycles. The Kier molecular flexibility index (Phi) is 2.55. The monoisotopic (exact) mass is 206 g/mol.